The van der Waals surface area contributed by atoms with E-state index in [1.165, 1.54) is 6.07 Å². The van der Waals surface area contributed by atoms with Crippen molar-refractivity contribution >= 4 is 17.7 Å². The van der Waals surface area contributed by atoms with E-state index in [4.69, 9.17) is 0 Å². The van der Waals surface area contributed by atoms with Crippen molar-refractivity contribution in [3.8, 4) is 0 Å². The van der Waals surface area contributed by atoms with Gasteiger partial charge in [0.2, 0.25) is 5.91 Å². The molecule has 0 aliphatic carbocycles. The highest BCUT2D eigenvalue weighted by Crippen LogP contribution is 2.24. The minimum atomic E-state index is -0.559. The summed E-state index contributed by atoms with van der Waals surface area (Å²) in [5.41, 5.74) is 7.28. The Labute approximate surface area is 209 Å². The Hall–Kier alpha value is -3.37. The molecule has 3 fully saturated rings. The molecule has 1 aromatic heterocycles. The van der Waals surface area contributed by atoms with E-state index >= 15 is 0 Å². The molecule has 3 amide bonds. The SMILES string of the molecule is O=C1NNC(Cc2ccc(F)c(C(=O)N3CCCN(C(=O)c4ccncc4)CC3)c2)C2NCCCC12. The van der Waals surface area contributed by atoms with Crippen LogP contribution in [0.5, 0.6) is 0 Å². The summed E-state index contributed by atoms with van der Waals surface area (Å²) in [6.07, 6.45) is 6.12. The van der Waals surface area contributed by atoms with Crippen LogP contribution in [0.25, 0.3) is 0 Å². The lowest BCUT2D eigenvalue weighted by molar-refractivity contribution is -0.131. The summed E-state index contributed by atoms with van der Waals surface area (Å²) in [6.45, 7) is 2.56. The smallest absolute Gasteiger partial charge is 0.256 e. The van der Waals surface area contributed by atoms with Gasteiger partial charge >= 0.3 is 0 Å². The van der Waals surface area contributed by atoms with Crippen molar-refractivity contribution < 1.29 is 18.8 Å². The Bertz CT molecular complexity index is 1130. The van der Waals surface area contributed by atoms with Crippen LogP contribution in [0.4, 0.5) is 4.39 Å². The summed E-state index contributed by atoms with van der Waals surface area (Å²) in [7, 11) is 0. The maximum atomic E-state index is 14.8. The molecule has 9 nitrogen and oxygen atoms in total. The Morgan fingerprint density at radius 1 is 1.00 bits per heavy atom. The summed E-state index contributed by atoms with van der Waals surface area (Å²) >= 11 is 0. The van der Waals surface area contributed by atoms with Crippen molar-refractivity contribution in [1.82, 2.24) is 31.0 Å². The fourth-order valence-electron chi connectivity index (χ4n) is 5.44. The number of piperidine rings is 1. The van der Waals surface area contributed by atoms with Crippen LogP contribution in [0.15, 0.2) is 42.7 Å². The summed E-state index contributed by atoms with van der Waals surface area (Å²) in [6, 6.07) is 7.94. The maximum Gasteiger partial charge on any atom is 0.256 e. The van der Waals surface area contributed by atoms with Gasteiger partial charge in [0.15, 0.2) is 0 Å². The maximum absolute atomic E-state index is 14.8. The van der Waals surface area contributed by atoms with Gasteiger partial charge in [-0.15, -0.1) is 0 Å². The molecule has 2 aromatic rings. The van der Waals surface area contributed by atoms with Crippen LogP contribution in [0.2, 0.25) is 0 Å². The quantitative estimate of drug-likeness (QED) is 0.588. The number of carbonyl (C=O) groups excluding carboxylic acids is 3. The van der Waals surface area contributed by atoms with E-state index < -0.39 is 5.82 Å². The molecular formula is C26H31FN6O3. The van der Waals surface area contributed by atoms with Gasteiger partial charge in [-0.05, 0) is 62.1 Å². The highest BCUT2D eigenvalue weighted by molar-refractivity contribution is 5.95. The summed E-state index contributed by atoms with van der Waals surface area (Å²) in [5, 5.41) is 3.45. The van der Waals surface area contributed by atoms with Crippen molar-refractivity contribution in [1.29, 1.82) is 0 Å². The molecule has 3 aliphatic heterocycles. The van der Waals surface area contributed by atoms with Crippen LogP contribution < -0.4 is 16.2 Å². The lowest BCUT2D eigenvalue weighted by Gasteiger charge is -2.41. The summed E-state index contributed by atoms with van der Waals surface area (Å²) in [4.78, 5) is 45.7. The predicted molar refractivity (Wildman–Crippen MR) is 130 cm³/mol. The van der Waals surface area contributed by atoms with Gasteiger partial charge in [0, 0.05) is 56.2 Å². The number of halogens is 1. The first-order chi connectivity index (χ1) is 17.5. The lowest BCUT2D eigenvalue weighted by Crippen LogP contribution is -2.67. The Kier molecular flexibility index (Phi) is 7.24. The monoisotopic (exact) mass is 494 g/mol. The molecule has 4 heterocycles. The van der Waals surface area contributed by atoms with Crippen LogP contribution in [-0.4, -0.2) is 77.3 Å². The number of nitrogens with zero attached hydrogens (tertiary/aromatic N) is 3. The molecule has 36 heavy (non-hydrogen) atoms. The van der Waals surface area contributed by atoms with E-state index in [-0.39, 0.29) is 41.3 Å². The number of hydrogen-bond donors (Lipinski definition) is 3. The molecule has 3 saturated heterocycles. The third-order valence-electron chi connectivity index (χ3n) is 7.37. The second-order valence-corrected chi connectivity index (χ2v) is 9.66. The number of aromatic nitrogens is 1. The standard InChI is InChI=1S/C26H31FN6O3/c27-21-5-4-17(16-22-23-19(3-1-8-29-23)24(34)31-30-22)15-20(21)26(36)33-12-2-11-32(13-14-33)25(35)18-6-9-28-10-7-18/h4-7,9-10,15,19,22-23,29-30H,1-3,8,11-14,16H2,(H,31,34). The van der Waals surface area contributed by atoms with Crippen molar-refractivity contribution in [2.45, 2.75) is 37.8 Å². The topological polar surface area (TPSA) is 107 Å². The van der Waals surface area contributed by atoms with E-state index in [1.807, 2.05) is 0 Å². The lowest BCUT2D eigenvalue weighted by atomic mass is 9.82. The minimum absolute atomic E-state index is 0.00366. The average molecular weight is 495 g/mol. The van der Waals surface area contributed by atoms with Crippen molar-refractivity contribution in [2.24, 2.45) is 5.92 Å². The summed E-state index contributed by atoms with van der Waals surface area (Å²) < 4.78 is 14.8. The Morgan fingerprint density at radius 3 is 2.53 bits per heavy atom. The number of nitrogens with one attached hydrogen (secondary N) is 3. The number of fused-ring (bicyclic) bond motifs is 1. The van der Waals surface area contributed by atoms with Gasteiger partial charge in [0.1, 0.15) is 5.82 Å². The number of carbonyl (C=O) groups is 3. The van der Waals surface area contributed by atoms with Crippen LogP contribution in [0, 0.1) is 11.7 Å². The Balaban J connectivity index is 1.26. The zero-order chi connectivity index (χ0) is 25.1. The van der Waals surface area contributed by atoms with Gasteiger partial charge in [-0.1, -0.05) is 6.07 Å². The number of rotatable bonds is 4. The third-order valence-corrected chi connectivity index (χ3v) is 7.37. The second-order valence-electron chi connectivity index (χ2n) is 9.66. The molecule has 0 spiro atoms. The molecular weight excluding hydrogens is 463 g/mol. The number of hydrogen-bond acceptors (Lipinski definition) is 6. The molecule has 3 aliphatic rings. The van der Waals surface area contributed by atoms with Crippen molar-refractivity contribution in [3.05, 3.63) is 65.2 Å². The van der Waals surface area contributed by atoms with Gasteiger partial charge in [0.25, 0.3) is 11.8 Å². The fraction of sp³-hybridized carbons (Fsp3) is 0.462. The first-order valence-electron chi connectivity index (χ1n) is 12.6. The molecule has 3 unspecified atom stereocenters. The number of benzene rings is 1. The summed E-state index contributed by atoms with van der Waals surface area (Å²) in [5.74, 6) is -1.12. The van der Waals surface area contributed by atoms with E-state index in [0.29, 0.717) is 44.6 Å². The van der Waals surface area contributed by atoms with E-state index in [2.05, 4.69) is 21.2 Å². The van der Waals surface area contributed by atoms with Gasteiger partial charge in [-0.25, -0.2) is 9.82 Å². The molecule has 0 saturated carbocycles. The number of hydrazine groups is 1. The molecule has 5 rings (SSSR count). The van der Waals surface area contributed by atoms with E-state index in [0.717, 1.165) is 24.9 Å². The highest BCUT2D eigenvalue weighted by atomic mass is 19.1. The first kappa shape index (κ1) is 24.3. The minimum Gasteiger partial charge on any atom is -0.337 e. The zero-order valence-corrected chi connectivity index (χ0v) is 20.1. The van der Waals surface area contributed by atoms with Crippen molar-refractivity contribution in [3.63, 3.8) is 0 Å². The highest BCUT2D eigenvalue weighted by Gasteiger charge is 2.40. The largest absolute Gasteiger partial charge is 0.337 e. The molecule has 0 bridgehead atoms. The molecule has 10 heteroatoms. The van der Waals surface area contributed by atoms with Crippen molar-refractivity contribution in [2.75, 3.05) is 32.7 Å². The normalized spacial score (nSPS) is 24.5. The third kappa shape index (κ3) is 5.10. The van der Waals surface area contributed by atoms with Gasteiger partial charge < -0.3 is 15.1 Å². The average Bonchev–Trinajstić information content (AvgIpc) is 3.18. The molecule has 190 valence electrons. The zero-order valence-electron chi connectivity index (χ0n) is 20.1. The molecule has 3 atom stereocenters. The number of amides is 3. The second kappa shape index (κ2) is 10.7. The molecule has 3 N–H and O–H groups in total. The fourth-order valence-corrected chi connectivity index (χ4v) is 5.44. The van der Waals surface area contributed by atoms with Crippen LogP contribution in [-0.2, 0) is 11.2 Å². The van der Waals surface area contributed by atoms with Crippen LogP contribution >= 0.6 is 0 Å². The number of pyridine rings is 1. The molecule has 1 aromatic carbocycles. The van der Waals surface area contributed by atoms with Crippen LogP contribution in [0.3, 0.4) is 0 Å². The first-order valence-corrected chi connectivity index (χ1v) is 12.6. The van der Waals surface area contributed by atoms with E-state index in [9.17, 15) is 18.8 Å². The Morgan fingerprint density at radius 2 is 1.75 bits per heavy atom. The van der Waals surface area contributed by atoms with Crippen LogP contribution in [0.1, 0.15) is 45.5 Å². The van der Waals surface area contributed by atoms with Gasteiger partial charge in [-0.3, -0.25) is 24.8 Å². The van der Waals surface area contributed by atoms with Gasteiger partial charge in [-0.2, -0.15) is 0 Å². The predicted octanol–water partition coefficient (Wildman–Crippen LogP) is 1.12. The van der Waals surface area contributed by atoms with Gasteiger partial charge in [0.05, 0.1) is 11.5 Å². The van der Waals surface area contributed by atoms with E-state index in [1.54, 1.807) is 46.5 Å². The molecule has 0 radical (unpaired) electrons.